The number of anilines is 1. The highest BCUT2D eigenvalue weighted by Gasteiger charge is 2.45. The molecule has 3 aromatic heterocycles. The predicted octanol–water partition coefficient (Wildman–Crippen LogP) is 3.78. The van der Waals surface area contributed by atoms with Crippen molar-refractivity contribution in [1.82, 2.24) is 24.4 Å². The fraction of sp³-hybridized carbons (Fsp3) is 0.323. The molecule has 1 saturated heterocycles. The maximum absolute atomic E-state index is 16.8. The van der Waals surface area contributed by atoms with Gasteiger partial charge in [0.05, 0.1) is 34.1 Å². The lowest BCUT2D eigenvalue weighted by atomic mass is 10.0. The van der Waals surface area contributed by atoms with Crippen LogP contribution in [-0.2, 0) is 14.6 Å². The molecule has 0 spiro atoms. The number of halogens is 3. The van der Waals surface area contributed by atoms with Crippen LogP contribution in [0.5, 0.6) is 5.75 Å². The lowest BCUT2D eigenvalue weighted by Gasteiger charge is -2.45. The Hall–Kier alpha value is -4.79. The number of phenols is 1. The van der Waals surface area contributed by atoms with Gasteiger partial charge < -0.3 is 14.9 Å². The van der Waals surface area contributed by atoms with Gasteiger partial charge >= 0.3 is 5.69 Å². The zero-order valence-electron chi connectivity index (χ0n) is 25.3. The van der Waals surface area contributed by atoms with E-state index in [4.69, 9.17) is 0 Å². The van der Waals surface area contributed by atoms with E-state index in [0.717, 1.165) is 16.7 Å². The molecule has 0 bridgehead atoms. The van der Waals surface area contributed by atoms with E-state index in [0.29, 0.717) is 17.3 Å². The van der Waals surface area contributed by atoms with Crippen molar-refractivity contribution in [1.29, 1.82) is 0 Å². The van der Waals surface area contributed by atoms with Gasteiger partial charge in [0.25, 0.3) is 0 Å². The summed E-state index contributed by atoms with van der Waals surface area (Å²) < 4.78 is 76.0. The fourth-order valence-corrected chi connectivity index (χ4v) is 8.22. The smallest absolute Gasteiger partial charge is 0.355 e. The number of hydrogen-bond donors (Lipinski definition) is 1. The Morgan fingerprint density at radius 3 is 2.52 bits per heavy atom. The van der Waals surface area contributed by atoms with Gasteiger partial charge in [-0.15, -0.1) is 0 Å². The van der Waals surface area contributed by atoms with Gasteiger partial charge in [0, 0.05) is 25.3 Å². The molecule has 0 saturated carbocycles. The van der Waals surface area contributed by atoms with Gasteiger partial charge in [-0.05, 0) is 49.6 Å². The van der Waals surface area contributed by atoms with Gasteiger partial charge in [-0.1, -0.05) is 20.4 Å². The number of aromatic nitrogens is 4. The molecule has 0 radical (unpaired) electrons. The van der Waals surface area contributed by atoms with Gasteiger partial charge in [0.1, 0.15) is 22.2 Å². The van der Waals surface area contributed by atoms with E-state index < -0.39 is 84.3 Å². The minimum atomic E-state index is -4.67. The van der Waals surface area contributed by atoms with Crippen molar-refractivity contribution in [2.24, 2.45) is 0 Å². The molecule has 4 aromatic rings. The standard InChI is InChI=1S/C31H29F3N6O5S/c1-6-20(42)38-11-16(5)39-17(12-38)13-46(44,45)28-22-29(36-26(24(28)34)21-19(41)8-7-18(32)23(21)33)40(31(43)37-30(22)39)27-15(4)9-10-35-25(27)14(2)3/h6-10,14,16-17,41H,1,11-13H2,2-5H3. The second-order valence-electron chi connectivity index (χ2n) is 11.8. The number of aryl methyl sites for hydroxylation is 1. The van der Waals surface area contributed by atoms with Crippen LogP contribution in [0.2, 0.25) is 0 Å². The van der Waals surface area contributed by atoms with Crippen LogP contribution in [0.25, 0.3) is 28.0 Å². The summed E-state index contributed by atoms with van der Waals surface area (Å²) in [7, 11) is -4.67. The number of fused-ring (bicyclic) bond motifs is 2. The lowest BCUT2D eigenvalue weighted by Crippen LogP contribution is -2.61. The van der Waals surface area contributed by atoms with Crippen LogP contribution >= 0.6 is 0 Å². The number of nitrogens with zero attached hydrogens (tertiary/aromatic N) is 6. The van der Waals surface area contributed by atoms with Crippen molar-refractivity contribution in [3.8, 4) is 22.7 Å². The summed E-state index contributed by atoms with van der Waals surface area (Å²) in [5.74, 6) is -7.20. The number of amides is 1. The number of hydrogen-bond acceptors (Lipinski definition) is 9. The highest BCUT2D eigenvalue weighted by molar-refractivity contribution is 7.91. The lowest BCUT2D eigenvalue weighted by molar-refractivity contribution is -0.127. The third kappa shape index (κ3) is 4.63. The molecule has 2 atom stereocenters. The minimum Gasteiger partial charge on any atom is -0.507 e. The first-order valence-electron chi connectivity index (χ1n) is 14.4. The molecule has 1 aromatic carbocycles. The number of carbonyl (C=O) groups excluding carboxylic acids is 1. The summed E-state index contributed by atoms with van der Waals surface area (Å²) in [6.07, 6.45) is 2.63. The van der Waals surface area contributed by atoms with E-state index >= 15 is 8.78 Å². The van der Waals surface area contributed by atoms with E-state index in [1.54, 1.807) is 24.8 Å². The zero-order valence-corrected chi connectivity index (χ0v) is 26.1. The maximum atomic E-state index is 16.8. The van der Waals surface area contributed by atoms with Crippen molar-refractivity contribution in [2.75, 3.05) is 23.7 Å². The Bertz CT molecular complexity index is 2150. The number of aromatic hydroxyl groups is 1. The van der Waals surface area contributed by atoms with Crippen LogP contribution in [0.4, 0.5) is 19.0 Å². The first-order valence-corrected chi connectivity index (χ1v) is 16.0. The molecule has 2 aliphatic rings. The van der Waals surface area contributed by atoms with Gasteiger partial charge in [-0.2, -0.15) is 4.98 Å². The Morgan fingerprint density at radius 1 is 1.13 bits per heavy atom. The molecule has 15 heteroatoms. The topological polar surface area (TPSA) is 139 Å². The van der Waals surface area contributed by atoms with Crippen LogP contribution in [-0.4, -0.2) is 74.8 Å². The third-order valence-electron chi connectivity index (χ3n) is 8.38. The summed E-state index contributed by atoms with van der Waals surface area (Å²) in [5.41, 5.74) is -2.24. The average Bonchev–Trinajstić information content (AvgIpc) is 3.08. The zero-order chi connectivity index (χ0) is 33.4. The second-order valence-corrected chi connectivity index (χ2v) is 13.7. The highest BCUT2D eigenvalue weighted by Crippen LogP contribution is 2.44. The summed E-state index contributed by atoms with van der Waals surface area (Å²) >= 11 is 0. The molecule has 46 heavy (non-hydrogen) atoms. The molecular weight excluding hydrogens is 625 g/mol. The molecule has 1 fully saturated rings. The molecule has 2 aliphatic heterocycles. The van der Waals surface area contributed by atoms with Crippen molar-refractivity contribution < 1.29 is 31.5 Å². The predicted molar refractivity (Wildman–Crippen MR) is 163 cm³/mol. The van der Waals surface area contributed by atoms with Crippen LogP contribution in [0.15, 0.2) is 46.7 Å². The Balaban J connectivity index is 1.82. The van der Waals surface area contributed by atoms with Crippen molar-refractivity contribution in [3.05, 3.63) is 76.2 Å². The molecule has 1 N–H and O–H groups in total. The van der Waals surface area contributed by atoms with E-state index in [2.05, 4.69) is 21.5 Å². The normalized spacial score (nSPS) is 18.9. The number of piperazine rings is 1. The van der Waals surface area contributed by atoms with Crippen molar-refractivity contribution in [3.63, 3.8) is 0 Å². The van der Waals surface area contributed by atoms with Gasteiger partial charge in [-0.25, -0.2) is 35.9 Å². The molecule has 2 unspecified atom stereocenters. The van der Waals surface area contributed by atoms with Gasteiger partial charge in [-0.3, -0.25) is 9.78 Å². The monoisotopic (exact) mass is 654 g/mol. The van der Waals surface area contributed by atoms with Gasteiger partial charge in [0.15, 0.2) is 32.9 Å². The summed E-state index contributed by atoms with van der Waals surface area (Å²) in [4.78, 5) is 41.8. The summed E-state index contributed by atoms with van der Waals surface area (Å²) in [6, 6.07) is 1.43. The maximum Gasteiger partial charge on any atom is 0.355 e. The number of phenolic OH excluding ortho intramolecular Hbond substituents is 1. The first kappa shape index (κ1) is 31.2. The fourth-order valence-electron chi connectivity index (χ4n) is 6.42. The number of carbonyl (C=O) groups is 1. The molecule has 5 heterocycles. The Morgan fingerprint density at radius 2 is 1.85 bits per heavy atom. The van der Waals surface area contributed by atoms with Gasteiger partial charge in [0.2, 0.25) is 5.91 Å². The Labute approximate surface area is 261 Å². The quantitative estimate of drug-likeness (QED) is 0.326. The first-order chi connectivity index (χ1) is 21.7. The molecule has 11 nitrogen and oxygen atoms in total. The molecule has 240 valence electrons. The van der Waals surface area contributed by atoms with Crippen molar-refractivity contribution >= 4 is 32.6 Å². The van der Waals surface area contributed by atoms with Crippen molar-refractivity contribution in [2.45, 2.75) is 50.6 Å². The number of pyridine rings is 2. The highest BCUT2D eigenvalue weighted by atomic mass is 32.2. The molecule has 0 aliphatic carbocycles. The number of sulfone groups is 1. The Kier molecular flexibility index (Phi) is 7.41. The minimum absolute atomic E-state index is 0.110. The SMILES string of the molecule is C=CC(=O)N1CC(C)N2c3nc(=O)n(-c4c(C)ccnc4C(C)C)c4nc(-c5c(O)ccc(F)c5F)c(F)c(c34)S(=O)(=O)CC2C1. The van der Waals surface area contributed by atoms with E-state index in [1.165, 1.54) is 11.1 Å². The number of rotatable bonds is 4. The summed E-state index contributed by atoms with van der Waals surface area (Å²) in [6.45, 7) is 10.5. The molecule has 6 rings (SSSR count). The second kappa shape index (κ2) is 10.9. The van der Waals surface area contributed by atoms with Crippen LogP contribution in [0.3, 0.4) is 0 Å². The average molecular weight is 655 g/mol. The third-order valence-corrected chi connectivity index (χ3v) is 10.2. The number of benzene rings is 1. The van der Waals surface area contributed by atoms with Crippen LogP contribution < -0.4 is 10.6 Å². The van der Waals surface area contributed by atoms with E-state index in [1.807, 2.05) is 13.8 Å². The molecular formula is C31H29F3N6O5S. The van der Waals surface area contributed by atoms with E-state index in [-0.39, 0.29) is 35.9 Å². The van der Waals surface area contributed by atoms with Crippen LogP contribution in [0.1, 0.15) is 37.9 Å². The van der Waals surface area contributed by atoms with E-state index in [9.17, 15) is 27.5 Å². The summed E-state index contributed by atoms with van der Waals surface area (Å²) in [5, 5.41) is 10.2. The largest absolute Gasteiger partial charge is 0.507 e. The molecule has 1 amide bonds. The van der Waals surface area contributed by atoms with Crippen LogP contribution in [0, 0.1) is 24.4 Å².